The van der Waals surface area contributed by atoms with Crippen LogP contribution in [-0.4, -0.2) is 54.8 Å². The van der Waals surface area contributed by atoms with E-state index in [2.05, 4.69) is 5.32 Å². The molecule has 0 radical (unpaired) electrons. The minimum absolute atomic E-state index is 0.192. The number of carbonyl (C=O) groups is 2. The standard InChI is InChI=1S/C19H26N2O5/c1-19(2,3)26-18(23)21-9-8-13(11-21)10-20-17(22)16-12-24-14-6-4-5-7-15(14)25-16/h4-7,13,16H,8-12H2,1-3H3,(H,20,22)/t13-,16-/m0/s1. The van der Waals surface area contributed by atoms with E-state index in [9.17, 15) is 9.59 Å². The van der Waals surface area contributed by atoms with Crippen LogP contribution in [0.2, 0.25) is 0 Å². The summed E-state index contributed by atoms with van der Waals surface area (Å²) < 4.78 is 16.7. The van der Waals surface area contributed by atoms with E-state index in [0.29, 0.717) is 31.1 Å². The normalized spacial score (nSPS) is 22.0. The Kier molecular flexibility index (Phi) is 5.25. The number of nitrogens with zero attached hydrogens (tertiary/aromatic N) is 1. The Bertz CT molecular complexity index is 670. The van der Waals surface area contributed by atoms with Gasteiger partial charge in [-0.3, -0.25) is 4.79 Å². The van der Waals surface area contributed by atoms with Gasteiger partial charge in [0.15, 0.2) is 11.5 Å². The minimum Gasteiger partial charge on any atom is -0.485 e. The Balaban J connectivity index is 1.44. The number of fused-ring (bicyclic) bond motifs is 1. The Labute approximate surface area is 153 Å². The molecular formula is C19H26N2O5. The largest absolute Gasteiger partial charge is 0.485 e. The molecule has 142 valence electrons. The molecule has 1 N–H and O–H groups in total. The van der Waals surface area contributed by atoms with Crippen molar-refractivity contribution in [2.75, 3.05) is 26.2 Å². The zero-order chi connectivity index (χ0) is 18.7. The molecule has 7 heteroatoms. The summed E-state index contributed by atoms with van der Waals surface area (Å²) in [6, 6.07) is 7.29. The Hall–Kier alpha value is -2.44. The maximum absolute atomic E-state index is 12.3. The van der Waals surface area contributed by atoms with Crippen molar-refractivity contribution in [1.29, 1.82) is 0 Å². The quantitative estimate of drug-likeness (QED) is 0.892. The highest BCUT2D eigenvalue weighted by atomic mass is 16.6. The highest BCUT2D eigenvalue weighted by Gasteiger charge is 2.31. The van der Waals surface area contributed by atoms with Gasteiger partial charge in [0.05, 0.1) is 0 Å². The van der Waals surface area contributed by atoms with E-state index in [0.717, 1.165) is 6.42 Å². The second-order valence-corrected chi connectivity index (χ2v) is 7.69. The van der Waals surface area contributed by atoms with Gasteiger partial charge in [0.1, 0.15) is 12.2 Å². The third kappa shape index (κ3) is 4.59. The van der Waals surface area contributed by atoms with Crippen LogP contribution in [0.4, 0.5) is 4.79 Å². The van der Waals surface area contributed by atoms with Gasteiger partial charge in [-0.05, 0) is 45.2 Å². The van der Waals surface area contributed by atoms with Crippen molar-refractivity contribution in [1.82, 2.24) is 10.2 Å². The molecule has 1 saturated heterocycles. The smallest absolute Gasteiger partial charge is 0.410 e. The van der Waals surface area contributed by atoms with Gasteiger partial charge >= 0.3 is 6.09 Å². The monoisotopic (exact) mass is 362 g/mol. The van der Waals surface area contributed by atoms with Crippen LogP contribution < -0.4 is 14.8 Å². The topological polar surface area (TPSA) is 77.1 Å². The molecule has 7 nitrogen and oxygen atoms in total. The van der Waals surface area contributed by atoms with E-state index < -0.39 is 11.7 Å². The van der Waals surface area contributed by atoms with E-state index >= 15 is 0 Å². The second kappa shape index (κ2) is 7.43. The van der Waals surface area contributed by atoms with Gasteiger partial charge in [0.25, 0.3) is 5.91 Å². The first-order chi connectivity index (χ1) is 12.3. The lowest BCUT2D eigenvalue weighted by Crippen LogP contribution is -2.45. The summed E-state index contributed by atoms with van der Waals surface area (Å²) in [5, 5.41) is 2.91. The minimum atomic E-state index is -0.659. The van der Waals surface area contributed by atoms with E-state index in [-0.39, 0.29) is 24.5 Å². The van der Waals surface area contributed by atoms with Crippen LogP contribution in [0.25, 0.3) is 0 Å². The van der Waals surface area contributed by atoms with Crippen LogP contribution in [0.1, 0.15) is 27.2 Å². The predicted octanol–water partition coefficient (Wildman–Crippen LogP) is 2.20. The molecule has 2 amide bonds. The predicted molar refractivity (Wildman–Crippen MR) is 95.3 cm³/mol. The van der Waals surface area contributed by atoms with Crippen molar-refractivity contribution in [3.63, 3.8) is 0 Å². The number of likely N-dealkylation sites (tertiary alicyclic amines) is 1. The summed E-state index contributed by atoms with van der Waals surface area (Å²) >= 11 is 0. The van der Waals surface area contributed by atoms with Gasteiger partial charge in [0, 0.05) is 19.6 Å². The molecule has 1 aromatic carbocycles. The number of nitrogens with one attached hydrogen (secondary N) is 1. The van der Waals surface area contributed by atoms with E-state index in [1.165, 1.54) is 0 Å². The van der Waals surface area contributed by atoms with Crippen molar-refractivity contribution in [2.24, 2.45) is 5.92 Å². The molecule has 0 aromatic heterocycles. The van der Waals surface area contributed by atoms with Gasteiger partial charge in [-0.1, -0.05) is 12.1 Å². The van der Waals surface area contributed by atoms with E-state index in [4.69, 9.17) is 14.2 Å². The number of ether oxygens (including phenoxy) is 3. The van der Waals surface area contributed by atoms with E-state index in [1.807, 2.05) is 39.0 Å². The second-order valence-electron chi connectivity index (χ2n) is 7.69. The lowest BCUT2D eigenvalue weighted by atomic mass is 10.1. The molecule has 1 fully saturated rings. The van der Waals surface area contributed by atoms with Gasteiger partial charge in [-0.15, -0.1) is 0 Å². The van der Waals surface area contributed by atoms with Crippen LogP contribution >= 0.6 is 0 Å². The van der Waals surface area contributed by atoms with Crippen LogP contribution in [0, 0.1) is 5.92 Å². The zero-order valence-electron chi connectivity index (χ0n) is 15.5. The average Bonchev–Trinajstić information content (AvgIpc) is 3.07. The molecule has 2 atom stereocenters. The maximum atomic E-state index is 12.3. The Morgan fingerprint density at radius 3 is 2.73 bits per heavy atom. The average molecular weight is 362 g/mol. The van der Waals surface area contributed by atoms with Crippen molar-refractivity contribution < 1.29 is 23.8 Å². The number of hydrogen-bond donors (Lipinski definition) is 1. The first-order valence-electron chi connectivity index (χ1n) is 8.96. The first kappa shape index (κ1) is 18.4. The first-order valence-corrected chi connectivity index (χ1v) is 8.96. The number of amides is 2. The van der Waals surface area contributed by atoms with Crippen LogP contribution in [0.5, 0.6) is 11.5 Å². The molecule has 0 spiro atoms. The molecule has 0 aliphatic carbocycles. The summed E-state index contributed by atoms with van der Waals surface area (Å²) in [4.78, 5) is 26.1. The van der Waals surface area contributed by atoms with Crippen LogP contribution in [0.3, 0.4) is 0 Å². The summed E-state index contributed by atoms with van der Waals surface area (Å²) in [6.07, 6.45) is -0.120. The molecule has 2 aliphatic heterocycles. The third-order valence-electron chi connectivity index (χ3n) is 4.30. The van der Waals surface area contributed by atoms with E-state index in [1.54, 1.807) is 11.0 Å². The fourth-order valence-corrected chi connectivity index (χ4v) is 3.00. The van der Waals surface area contributed by atoms with Gasteiger partial charge < -0.3 is 24.4 Å². The number of rotatable bonds is 3. The van der Waals surface area contributed by atoms with Gasteiger partial charge in [0.2, 0.25) is 6.10 Å². The molecular weight excluding hydrogens is 336 g/mol. The Morgan fingerprint density at radius 1 is 1.27 bits per heavy atom. The fraction of sp³-hybridized carbons (Fsp3) is 0.579. The number of para-hydroxylation sites is 2. The van der Waals surface area contributed by atoms with Crippen molar-refractivity contribution in [2.45, 2.75) is 38.9 Å². The summed E-state index contributed by atoms with van der Waals surface area (Å²) in [5.41, 5.74) is -0.502. The van der Waals surface area contributed by atoms with Gasteiger partial charge in [-0.25, -0.2) is 4.79 Å². The SMILES string of the molecule is CC(C)(C)OC(=O)N1CC[C@@H](CNC(=O)[C@@H]2COc3ccccc3O2)C1. The molecule has 3 rings (SSSR count). The van der Waals surface area contributed by atoms with Crippen LogP contribution in [0.15, 0.2) is 24.3 Å². The summed E-state index contributed by atoms with van der Waals surface area (Å²) in [5.74, 6) is 1.25. The molecule has 0 unspecified atom stereocenters. The number of benzene rings is 1. The van der Waals surface area contributed by atoms with Crippen molar-refractivity contribution in [3.8, 4) is 11.5 Å². The highest BCUT2D eigenvalue weighted by Crippen LogP contribution is 2.30. The Morgan fingerprint density at radius 2 is 2.00 bits per heavy atom. The molecule has 2 aliphatic rings. The summed E-state index contributed by atoms with van der Waals surface area (Å²) in [7, 11) is 0. The molecule has 1 aromatic rings. The number of hydrogen-bond acceptors (Lipinski definition) is 5. The summed E-state index contributed by atoms with van der Waals surface area (Å²) in [6.45, 7) is 7.47. The molecule has 2 heterocycles. The van der Waals surface area contributed by atoms with Gasteiger partial charge in [-0.2, -0.15) is 0 Å². The van der Waals surface area contributed by atoms with Crippen molar-refractivity contribution >= 4 is 12.0 Å². The van der Waals surface area contributed by atoms with Crippen LogP contribution in [-0.2, 0) is 9.53 Å². The fourth-order valence-electron chi connectivity index (χ4n) is 3.00. The molecule has 0 bridgehead atoms. The third-order valence-corrected chi connectivity index (χ3v) is 4.30. The zero-order valence-corrected chi connectivity index (χ0v) is 15.5. The molecule has 26 heavy (non-hydrogen) atoms. The lowest BCUT2D eigenvalue weighted by molar-refractivity contribution is -0.130. The number of carbonyl (C=O) groups excluding carboxylic acids is 2. The molecule has 0 saturated carbocycles. The van der Waals surface area contributed by atoms with Crippen molar-refractivity contribution in [3.05, 3.63) is 24.3 Å². The maximum Gasteiger partial charge on any atom is 0.410 e. The lowest BCUT2D eigenvalue weighted by Gasteiger charge is -2.26. The highest BCUT2D eigenvalue weighted by molar-refractivity contribution is 5.81.